The van der Waals surface area contributed by atoms with E-state index < -0.39 is 0 Å². The van der Waals surface area contributed by atoms with E-state index in [4.69, 9.17) is 0 Å². The summed E-state index contributed by atoms with van der Waals surface area (Å²) in [5, 5.41) is 3.59. The molecule has 1 fully saturated rings. The van der Waals surface area contributed by atoms with Crippen molar-refractivity contribution in [3.63, 3.8) is 0 Å². The van der Waals surface area contributed by atoms with Gasteiger partial charge in [-0.2, -0.15) is 0 Å². The van der Waals surface area contributed by atoms with Crippen molar-refractivity contribution in [3.8, 4) is 0 Å². The Morgan fingerprint density at radius 1 is 1.30 bits per heavy atom. The molecule has 2 unspecified atom stereocenters. The molecule has 2 atom stereocenters. The Labute approximate surface area is 124 Å². The number of benzene rings is 1. The lowest BCUT2D eigenvalue weighted by Gasteiger charge is -2.45. The average Bonchev–Trinajstić information content (AvgIpc) is 2.38. The third kappa shape index (κ3) is 3.17. The number of hydrogen-bond donors (Lipinski definition) is 1. The molecule has 2 heteroatoms. The van der Waals surface area contributed by atoms with Crippen LogP contribution in [-0.4, -0.2) is 26.7 Å². The van der Waals surface area contributed by atoms with E-state index in [0.717, 1.165) is 12.5 Å². The minimum absolute atomic E-state index is 0.407. The maximum absolute atomic E-state index is 3.59. The van der Waals surface area contributed by atoms with E-state index in [2.05, 4.69) is 69.3 Å². The number of aryl methyl sites for hydroxylation is 1. The van der Waals surface area contributed by atoms with Crippen LogP contribution in [0.15, 0.2) is 24.3 Å². The smallest absolute Gasteiger partial charge is 0.0393 e. The highest BCUT2D eigenvalue weighted by atomic mass is 15.1. The first-order chi connectivity index (χ1) is 9.45. The third-order valence-corrected chi connectivity index (χ3v) is 5.06. The van der Waals surface area contributed by atoms with E-state index >= 15 is 0 Å². The lowest BCUT2D eigenvalue weighted by molar-refractivity contribution is 0.118. The minimum atomic E-state index is 0.407. The number of nitrogens with zero attached hydrogens (tertiary/aromatic N) is 1. The van der Waals surface area contributed by atoms with Gasteiger partial charge in [0.15, 0.2) is 0 Å². The van der Waals surface area contributed by atoms with E-state index in [1.807, 2.05) is 0 Å². The number of rotatable bonds is 4. The molecule has 1 aromatic rings. The highest BCUT2D eigenvalue weighted by molar-refractivity contribution is 5.52. The molecule has 2 nitrogen and oxygen atoms in total. The molecule has 0 radical (unpaired) electrons. The van der Waals surface area contributed by atoms with Gasteiger partial charge in [0.2, 0.25) is 0 Å². The Morgan fingerprint density at radius 3 is 2.65 bits per heavy atom. The summed E-state index contributed by atoms with van der Waals surface area (Å²) in [6, 6.07) is 9.30. The van der Waals surface area contributed by atoms with E-state index in [1.165, 1.54) is 30.5 Å². The van der Waals surface area contributed by atoms with Crippen molar-refractivity contribution in [3.05, 3.63) is 29.8 Å². The first-order valence-corrected chi connectivity index (χ1v) is 7.90. The van der Waals surface area contributed by atoms with Gasteiger partial charge in [-0.15, -0.1) is 0 Å². The van der Waals surface area contributed by atoms with Crippen molar-refractivity contribution < 1.29 is 0 Å². The van der Waals surface area contributed by atoms with Crippen LogP contribution in [0.1, 0.15) is 38.7 Å². The van der Waals surface area contributed by atoms with Gasteiger partial charge in [0.25, 0.3) is 0 Å². The monoisotopic (exact) mass is 274 g/mol. The highest BCUT2D eigenvalue weighted by Crippen LogP contribution is 2.39. The lowest BCUT2D eigenvalue weighted by atomic mass is 9.68. The van der Waals surface area contributed by atoms with Crippen molar-refractivity contribution in [2.24, 2.45) is 11.3 Å². The topological polar surface area (TPSA) is 15.3 Å². The van der Waals surface area contributed by atoms with Crippen molar-refractivity contribution >= 4 is 5.69 Å². The van der Waals surface area contributed by atoms with Crippen LogP contribution >= 0.6 is 0 Å². The van der Waals surface area contributed by atoms with Gasteiger partial charge < -0.3 is 10.2 Å². The number of hydrogen-bond acceptors (Lipinski definition) is 2. The molecule has 1 aliphatic rings. The summed E-state index contributed by atoms with van der Waals surface area (Å²) in [4.78, 5) is 2.44. The largest absolute Gasteiger partial charge is 0.374 e. The highest BCUT2D eigenvalue weighted by Gasteiger charge is 2.38. The normalized spacial score (nSPS) is 25.4. The number of nitrogens with one attached hydrogen (secondary N) is 1. The van der Waals surface area contributed by atoms with E-state index in [-0.39, 0.29) is 0 Å². The van der Waals surface area contributed by atoms with Crippen LogP contribution in [0.5, 0.6) is 0 Å². The van der Waals surface area contributed by atoms with Crippen molar-refractivity contribution in [1.82, 2.24) is 5.32 Å². The van der Waals surface area contributed by atoms with Gasteiger partial charge in [-0.05, 0) is 49.8 Å². The van der Waals surface area contributed by atoms with Gasteiger partial charge in [0, 0.05) is 25.3 Å². The molecule has 0 bridgehead atoms. The fourth-order valence-corrected chi connectivity index (χ4v) is 4.05. The van der Waals surface area contributed by atoms with Crippen molar-refractivity contribution in [2.75, 3.05) is 25.5 Å². The molecule has 0 aliphatic heterocycles. The maximum Gasteiger partial charge on any atom is 0.0393 e. The molecule has 20 heavy (non-hydrogen) atoms. The molecule has 0 aromatic heterocycles. The summed E-state index contributed by atoms with van der Waals surface area (Å²) in [5.41, 5.74) is 3.14. The van der Waals surface area contributed by atoms with Gasteiger partial charge in [0.1, 0.15) is 0 Å². The van der Waals surface area contributed by atoms with Crippen LogP contribution in [0.3, 0.4) is 0 Å². The molecule has 112 valence electrons. The summed E-state index contributed by atoms with van der Waals surface area (Å²) in [6.45, 7) is 8.16. The Bertz CT molecular complexity index is 439. The Balaban J connectivity index is 2.10. The zero-order chi connectivity index (χ0) is 14.8. The summed E-state index contributed by atoms with van der Waals surface area (Å²) in [7, 11) is 4.36. The van der Waals surface area contributed by atoms with Gasteiger partial charge in [-0.3, -0.25) is 0 Å². The molecule has 1 saturated carbocycles. The minimum Gasteiger partial charge on any atom is -0.374 e. The molecule has 2 rings (SSSR count). The summed E-state index contributed by atoms with van der Waals surface area (Å²) in [5.74, 6) is 0.730. The quantitative estimate of drug-likeness (QED) is 0.897. The Kier molecular flexibility index (Phi) is 4.74. The second kappa shape index (κ2) is 6.17. The van der Waals surface area contributed by atoms with Gasteiger partial charge in [-0.1, -0.05) is 38.5 Å². The predicted molar refractivity (Wildman–Crippen MR) is 88.4 cm³/mol. The molecule has 0 saturated heterocycles. The standard InChI is InChI=1S/C18H30N2/c1-14-9-6-7-11-16(14)20(5)13-15-10-8-12-18(2,3)17(15)19-4/h6-7,9,11,15,17,19H,8,10,12-13H2,1-5H3. The molecule has 1 N–H and O–H groups in total. The first kappa shape index (κ1) is 15.4. The lowest BCUT2D eigenvalue weighted by Crippen LogP contribution is -2.51. The molecule has 1 aromatic carbocycles. The third-order valence-electron chi connectivity index (χ3n) is 5.06. The van der Waals surface area contributed by atoms with Crippen LogP contribution in [0.25, 0.3) is 0 Å². The van der Waals surface area contributed by atoms with Crippen LogP contribution < -0.4 is 10.2 Å². The fourth-order valence-electron chi connectivity index (χ4n) is 4.05. The molecular formula is C18H30N2. The van der Waals surface area contributed by atoms with Crippen LogP contribution in [0, 0.1) is 18.3 Å². The Morgan fingerprint density at radius 2 is 2.00 bits per heavy atom. The number of para-hydroxylation sites is 1. The van der Waals surface area contributed by atoms with Crippen molar-refractivity contribution in [1.29, 1.82) is 0 Å². The second-order valence-electron chi connectivity index (χ2n) is 7.07. The van der Waals surface area contributed by atoms with E-state index in [9.17, 15) is 0 Å². The molecular weight excluding hydrogens is 244 g/mol. The summed E-state index contributed by atoms with van der Waals surface area (Å²) in [6.07, 6.45) is 4.03. The molecule has 0 heterocycles. The first-order valence-electron chi connectivity index (χ1n) is 7.90. The van der Waals surface area contributed by atoms with E-state index in [1.54, 1.807) is 0 Å². The second-order valence-corrected chi connectivity index (χ2v) is 7.07. The maximum atomic E-state index is 3.59. The van der Waals surface area contributed by atoms with Crippen LogP contribution in [0.4, 0.5) is 5.69 Å². The SMILES string of the molecule is CNC1C(CN(C)c2ccccc2C)CCCC1(C)C. The summed E-state index contributed by atoms with van der Waals surface area (Å²) < 4.78 is 0. The fraction of sp³-hybridized carbons (Fsp3) is 0.667. The van der Waals surface area contributed by atoms with Gasteiger partial charge >= 0.3 is 0 Å². The zero-order valence-corrected chi connectivity index (χ0v) is 13.7. The van der Waals surface area contributed by atoms with Crippen molar-refractivity contribution in [2.45, 2.75) is 46.1 Å². The molecule has 1 aliphatic carbocycles. The Hall–Kier alpha value is -1.02. The van der Waals surface area contributed by atoms with Gasteiger partial charge in [-0.25, -0.2) is 0 Å². The average molecular weight is 274 g/mol. The van der Waals surface area contributed by atoms with E-state index in [0.29, 0.717) is 11.5 Å². The number of anilines is 1. The van der Waals surface area contributed by atoms with Crippen LogP contribution in [-0.2, 0) is 0 Å². The summed E-state index contributed by atoms with van der Waals surface area (Å²) >= 11 is 0. The molecule has 0 amide bonds. The van der Waals surface area contributed by atoms with Crippen LogP contribution in [0.2, 0.25) is 0 Å². The molecule has 0 spiro atoms. The predicted octanol–water partition coefficient (Wildman–Crippen LogP) is 3.85. The van der Waals surface area contributed by atoms with Gasteiger partial charge in [0.05, 0.1) is 0 Å². The zero-order valence-electron chi connectivity index (χ0n) is 13.7.